The molecular formula is C14H22BrN3O3. The van der Waals surface area contributed by atoms with Gasteiger partial charge in [-0.3, -0.25) is 0 Å². The van der Waals surface area contributed by atoms with E-state index in [1.807, 2.05) is 13.8 Å². The van der Waals surface area contributed by atoms with E-state index in [4.69, 9.17) is 4.74 Å². The van der Waals surface area contributed by atoms with Gasteiger partial charge in [0.05, 0.1) is 4.47 Å². The van der Waals surface area contributed by atoms with E-state index in [9.17, 15) is 9.90 Å². The lowest BCUT2D eigenvalue weighted by Crippen LogP contribution is -2.35. The fraction of sp³-hybridized carbons (Fsp3) is 0.500. The van der Waals surface area contributed by atoms with Crippen LogP contribution in [0.25, 0.3) is 0 Å². The van der Waals surface area contributed by atoms with Crippen LogP contribution in [0.4, 0.5) is 10.5 Å². The highest BCUT2D eigenvalue weighted by Gasteiger charge is 2.09. The van der Waals surface area contributed by atoms with Gasteiger partial charge in [-0.25, -0.2) is 4.79 Å². The lowest BCUT2D eigenvalue weighted by molar-refractivity contribution is 0.104. The first-order chi connectivity index (χ1) is 9.92. The number of ether oxygens (including phenoxy) is 1. The van der Waals surface area contributed by atoms with E-state index >= 15 is 0 Å². The third kappa shape index (κ3) is 6.79. The topological polar surface area (TPSA) is 82.6 Å². The summed E-state index contributed by atoms with van der Waals surface area (Å²) in [5, 5.41) is 18.1. The van der Waals surface area contributed by atoms with Crippen molar-refractivity contribution in [1.29, 1.82) is 0 Å². The molecular weight excluding hydrogens is 338 g/mol. The molecule has 1 unspecified atom stereocenters. The predicted octanol–water partition coefficient (Wildman–Crippen LogP) is 1.94. The largest absolute Gasteiger partial charge is 0.490 e. The molecule has 0 bridgehead atoms. The minimum Gasteiger partial charge on any atom is -0.490 e. The quantitative estimate of drug-likeness (QED) is 0.599. The van der Waals surface area contributed by atoms with Crippen LogP contribution < -0.4 is 20.7 Å². The van der Waals surface area contributed by atoms with Crippen LogP contribution in [0.3, 0.4) is 0 Å². The zero-order valence-electron chi connectivity index (χ0n) is 12.4. The average molecular weight is 360 g/mol. The van der Waals surface area contributed by atoms with Gasteiger partial charge in [-0.05, 0) is 34.1 Å². The van der Waals surface area contributed by atoms with Gasteiger partial charge in [0.25, 0.3) is 0 Å². The third-order valence-corrected chi connectivity index (χ3v) is 3.23. The molecule has 0 spiro atoms. The van der Waals surface area contributed by atoms with Gasteiger partial charge < -0.3 is 25.8 Å². The molecule has 0 aliphatic rings. The van der Waals surface area contributed by atoms with Crippen molar-refractivity contribution in [3.63, 3.8) is 0 Å². The van der Waals surface area contributed by atoms with Crippen LogP contribution >= 0.6 is 15.9 Å². The lowest BCUT2D eigenvalue weighted by atomic mass is 10.3. The Labute approximate surface area is 133 Å². The Bertz CT molecular complexity index is 469. The molecule has 4 N–H and O–H groups in total. The highest BCUT2D eigenvalue weighted by Crippen LogP contribution is 2.28. The molecule has 0 aliphatic carbocycles. The van der Waals surface area contributed by atoms with Gasteiger partial charge in [0.1, 0.15) is 18.5 Å². The molecule has 0 saturated carbocycles. The molecule has 1 atom stereocenters. The Morgan fingerprint density at radius 3 is 2.71 bits per heavy atom. The van der Waals surface area contributed by atoms with Crippen LogP contribution in [0, 0.1) is 0 Å². The monoisotopic (exact) mass is 359 g/mol. The normalized spacial score (nSPS) is 12.1. The molecule has 1 rings (SSSR count). The SMILES string of the molecule is CNC(=O)Nc1ccc(OCC(O)CNC(C)C)c(Br)c1. The second kappa shape index (κ2) is 8.86. The Morgan fingerprint density at radius 1 is 1.43 bits per heavy atom. The van der Waals surface area contributed by atoms with Crippen LogP contribution in [0.15, 0.2) is 22.7 Å². The summed E-state index contributed by atoms with van der Waals surface area (Å²) in [5.74, 6) is 0.612. The van der Waals surface area contributed by atoms with E-state index in [1.165, 1.54) is 0 Å². The minimum absolute atomic E-state index is 0.195. The van der Waals surface area contributed by atoms with Gasteiger partial charge in [0.2, 0.25) is 0 Å². The van der Waals surface area contributed by atoms with Crippen molar-refractivity contribution >= 4 is 27.6 Å². The summed E-state index contributed by atoms with van der Waals surface area (Å²) in [7, 11) is 1.55. The van der Waals surface area contributed by atoms with Gasteiger partial charge in [-0.2, -0.15) is 0 Å². The van der Waals surface area contributed by atoms with Crippen LogP contribution in [0.1, 0.15) is 13.8 Å². The summed E-state index contributed by atoms with van der Waals surface area (Å²) in [4.78, 5) is 11.2. The molecule has 0 aromatic heterocycles. The van der Waals surface area contributed by atoms with Crippen molar-refractivity contribution in [2.24, 2.45) is 0 Å². The molecule has 118 valence electrons. The maximum absolute atomic E-state index is 11.2. The molecule has 1 aromatic rings. The van der Waals surface area contributed by atoms with Crippen molar-refractivity contribution in [1.82, 2.24) is 10.6 Å². The highest BCUT2D eigenvalue weighted by atomic mass is 79.9. The first kappa shape index (κ1) is 17.7. The Kier molecular flexibility index (Phi) is 7.49. The zero-order valence-corrected chi connectivity index (χ0v) is 14.0. The van der Waals surface area contributed by atoms with E-state index in [0.29, 0.717) is 28.5 Å². The number of amides is 2. The summed E-state index contributed by atoms with van der Waals surface area (Å²) in [5.41, 5.74) is 0.649. The molecule has 0 heterocycles. The van der Waals surface area contributed by atoms with Crippen molar-refractivity contribution in [3.8, 4) is 5.75 Å². The number of carbonyl (C=O) groups is 1. The molecule has 0 saturated heterocycles. The lowest BCUT2D eigenvalue weighted by Gasteiger charge is -2.16. The van der Waals surface area contributed by atoms with Crippen molar-refractivity contribution in [2.75, 3.05) is 25.5 Å². The average Bonchev–Trinajstić information content (AvgIpc) is 2.44. The van der Waals surface area contributed by atoms with Crippen molar-refractivity contribution in [3.05, 3.63) is 22.7 Å². The number of carbonyl (C=O) groups excluding carboxylic acids is 1. The van der Waals surface area contributed by atoms with E-state index in [-0.39, 0.29) is 12.6 Å². The summed E-state index contributed by atoms with van der Waals surface area (Å²) >= 11 is 3.38. The number of rotatable bonds is 7. The molecule has 0 radical (unpaired) electrons. The number of anilines is 1. The van der Waals surface area contributed by atoms with Crippen LogP contribution in [-0.2, 0) is 0 Å². The standard InChI is InChI=1S/C14H22BrN3O3/c1-9(2)17-7-11(19)8-21-13-5-4-10(6-12(13)15)18-14(20)16-3/h4-6,9,11,17,19H,7-8H2,1-3H3,(H2,16,18,20). The number of aliphatic hydroxyl groups is 1. The Balaban J connectivity index is 2.50. The van der Waals surface area contributed by atoms with Crippen molar-refractivity contribution in [2.45, 2.75) is 26.0 Å². The summed E-state index contributed by atoms with van der Waals surface area (Å²) in [6, 6.07) is 5.24. The van der Waals surface area contributed by atoms with Gasteiger partial charge in [0.15, 0.2) is 0 Å². The maximum Gasteiger partial charge on any atom is 0.318 e. The summed E-state index contributed by atoms with van der Waals surface area (Å²) in [6.07, 6.45) is -0.581. The number of hydrogen-bond acceptors (Lipinski definition) is 4. The second-order valence-corrected chi connectivity index (χ2v) is 5.73. The molecule has 0 fully saturated rings. The van der Waals surface area contributed by atoms with Crippen LogP contribution in [0.2, 0.25) is 0 Å². The molecule has 2 amide bonds. The van der Waals surface area contributed by atoms with Gasteiger partial charge in [-0.1, -0.05) is 13.8 Å². The molecule has 21 heavy (non-hydrogen) atoms. The number of halogens is 1. The van der Waals surface area contributed by atoms with Gasteiger partial charge in [-0.15, -0.1) is 0 Å². The van der Waals surface area contributed by atoms with Crippen molar-refractivity contribution < 1.29 is 14.6 Å². The van der Waals surface area contributed by atoms with Gasteiger partial charge in [0, 0.05) is 25.3 Å². The Hall–Kier alpha value is -1.31. The molecule has 0 aliphatic heterocycles. The molecule has 7 heteroatoms. The van der Waals surface area contributed by atoms with Crippen LogP contribution in [0.5, 0.6) is 5.75 Å². The minimum atomic E-state index is -0.581. The van der Waals surface area contributed by atoms with E-state index in [2.05, 4.69) is 31.9 Å². The Morgan fingerprint density at radius 2 is 2.14 bits per heavy atom. The van der Waals surface area contributed by atoms with E-state index in [0.717, 1.165) is 0 Å². The molecule has 6 nitrogen and oxygen atoms in total. The third-order valence-electron chi connectivity index (χ3n) is 2.61. The summed E-state index contributed by atoms with van der Waals surface area (Å²) in [6.45, 7) is 4.71. The number of benzene rings is 1. The van der Waals surface area contributed by atoms with E-state index < -0.39 is 6.10 Å². The smallest absolute Gasteiger partial charge is 0.318 e. The number of urea groups is 1. The maximum atomic E-state index is 11.2. The fourth-order valence-corrected chi connectivity index (χ4v) is 2.00. The molecule has 1 aromatic carbocycles. The van der Waals surface area contributed by atoms with Crippen LogP contribution in [-0.4, -0.2) is 43.5 Å². The van der Waals surface area contributed by atoms with Gasteiger partial charge >= 0.3 is 6.03 Å². The zero-order chi connectivity index (χ0) is 15.8. The second-order valence-electron chi connectivity index (χ2n) is 4.88. The first-order valence-electron chi connectivity index (χ1n) is 6.75. The fourth-order valence-electron chi connectivity index (χ4n) is 1.51. The number of hydrogen-bond donors (Lipinski definition) is 4. The predicted molar refractivity (Wildman–Crippen MR) is 86.9 cm³/mol. The highest BCUT2D eigenvalue weighted by molar-refractivity contribution is 9.10. The number of aliphatic hydroxyl groups excluding tert-OH is 1. The number of nitrogens with one attached hydrogen (secondary N) is 3. The summed E-state index contributed by atoms with van der Waals surface area (Å²) < 4.78 is 6.26. The van der Waals surface area contributed by atoms with E-state index in [1.54, 1.807) is 25.2 Å². The first-order valence-corrected chi connectivity index (χ1v) is 7.54.